The van der Waals surface area contributed by atoms with Crippen LogP contribution in [0, 0.1) is 0 Å². The minimum atomic E-state index is -0.507. The minimum Gasteiger partial charge on any atom is -0.478 e. The molecule has 1 aromatic heterocycles. The highest BCUT2D eigenvalue weighted by atomic mass is 16.6. The van der Waals surface area contributed by atoms with Gasteiger partial charge in [0, 0.05) is 19.1 Å². The van der Waals surface area contributed by atoms with Crippen LogP contribution in [0.25, 0.3) is 11.0 Å². The molecule has 1 fully saturated rings. The van der Waals surface area contributed by atoms with Gasteiger partial charge in [-0.25, -0.2) is 14.8 Å². The number of fused-ring (bicyclic) bond motifs is 1. The summed E-state index contributed by atoms with van der Waals surface area (Å²) >= 11 is 0. The van der Waals surface area contributed by atoms with E-state index in [9.17, 15) is 4.79 Å². The number of ether oxygens (including phenoxy) is 2. The van der Waals surface area contributed by atoms with Crippen molar-refractivity contribution in [2.45, 2.75) is 45.3 Å². The normalized spacial score (nSPS) is 17.4. The highest BCUT2D eigenvalue weighted by molar-refractivity contribution is 5.77. The molecule has 2 heterocycles. The first-order chi connectivity index (χ1) is 12.4. The highest BCUT2D eigenvalue weighted by Crippen LogP contribution is 2.32. The van der Waals surface area contributed by atoms with E-state index < -0.39 is 11.7 Å². The standard InChI is InChI=1S/C19H26N4O3/c1-19(2,3)26-18(24)20-12-13-8-7-11-23(13)16-17(25-4)22-15-10-6-5-9-14(15)21-16/h5-6,9-10,13H,7-8,11-12H2,1-4H3,(H,20,24)/t13-/m0/s1. The molecule has 1 aromatic carbocycles. The van der Waals surface area contributed by atoms with Crippen molar-refractivity contribution in [1.29, 1.82) is 0 Å². The second-order valence-electron chi connectivity index (χ2n) is 7.42. The summed E-state index contributed by atoms with van der Waals surface area (Å²) in [5.74, 6) is 1.23. The summed E-state index contributed by atoms with van der Waals surface area (Å²) < 4.78 is 10.8. The van der Waals surface area contributed by atoms with Gasteiger partial charge in [0.1, 0.15) is 5.60 Å². The Bertz CT molecular complexity index is 788. The number of rotatable bonds is 4. The summed E-state index contributed by atoms with van der Waals surface area (Å²) in [5, 5.41) is 2.86. The van der Waals surface area contributed by atoms with Crippen LogP contribution in [0.5, 0.6) is 5.88 Å². The summed E-state index contributed by atoms with van der Waals surface area (Å²) in [6.07, 6.45) is 1.59. The Balaban J connectivity index is 1.77. The van der Waals surface area contributed by atoms with Gasteiger partial charge >= 0.3 is 6.09 Å². The molecule has 1 amide bonds. The lowest BCUT2D eigenvalue weighted by Crippen LogP contribution is -2.42. The van der Waals surface area contributed by atoms with E-state index in [1.54, 1.807) is 7.11 Å². The number of nitrogens with zero attached hydrogens (tertiary/aromatic N) is 3. The third-order valence-corrected chi connectivity index (χ3v) is 4.24. The Morgan fingerprint density at radius 1 is 1.27 bits per heavy atom. The fourth-order valence-electron chi connectivity index (χ4n) is 3.14. The predicted octanol–water partition coefficient (Wildman–Crippen LogP) is 3.13. The van der Waals surface area contributed by atoms with Gasteiger partial charge in [-0.05, 0) is 45.7 Å². The van der Waals surface area contributed by atoms with Gasteiger partial charge in [0.25, 0.3) is 5.88 Å². The number of hydrogen-bond donors (Lipinski definition) is 1. The number of carbonyl (C=O) groups excluding carboxylic acids is 1. The molecule has 7 heteroatoms. The van der Waals surface area contributed by atoms with Crippen molar-refractivity contribution < 1.29 is 14.3 Å². The average molecular weight is 358 g/mol. The first-order valence-electron chi connectivity index (χ1n) is 8.91. The van der Waals surface area contributed by atoms with Crippen molar-refractivity contribution in [1.82, 2.24) is 15.3 Å². The number of anilines is 1. The Morgan fingerprint density at radius 3 is 2.62 bits per heavy atom. The van der Waals surface area contributed by atoms with Crippen LogP contribution in [0.1, 0.15) is 33.6 Å². The Hall–Kier alpha value is -2.57. The molecule has 1 aliphatic rings. The summed E-state index contributed by atoms with van der Waals surface area (Å²) in [4.78, 5) is 23.5. The second kappa shape index (κ2) is 7.35. The van der Waals surface area contributed by atoms with Crippen LogP contribution >= 0.6 is 0 Å². The van der Waals surface area contributed by atoms with Crippen LogP contribution in [-0.4, -0.2) is 47.9 Å². The van der Waals surface area contributed by atoms with Gasteiger partial charge in [0.2, 0.25) is 0 Å². The van der Waals surface area contributed by atoms with Crippen LogP contribution in [0.15, 0.2) is 24.3 Å². The SMILES string of the molecule is COc1nc2ccccc2nc1N1CCC[C@H]1CNC(=O)OC(C)(C)C. The van der Waals surface area contributed by atoms with Crippen LogP contribution in [0.3, 0.4) is 0 Å². The van der Waals surface area contributed by atoms with Crippen molar-refractivity contribution >= 4 is 22.9 Å². The zero-order valence-electron chi connectivity index (χ0n) is 15.8. The molecule has 140 valence electrons. The van der Waals surface area contributed by atoms with Crippen LogP contribution in [0.4, 0.5) is 10.6 Å². The van der Waals surface area contributed by atoms with Crippen LogP contribution in [0.2, 0.25) is 0 Å². The first-order valence-corrected chi connectivity index (χ1v) is 8.91. The molecule has 1 saturated heterocycles. The lowest BCUT2D eigenvalue weighted by molar-refractivity contribution is 0.0525. The zero-order valence-corrected chi connectivity index (χ0v) is 15.8. The van der Waals surface area contributed by atoms with Crippen molar-refractivity contribution in [3.8, 4) is 5.88 Å². The van der Waals surface area contributed by atoms with E-state index in [1.807, 2.05) is 45.0 Å². The van der Waals surface area contributed by atoms with E-state index >= 15 is 0 Å². The second-order valence-corrected chi connectivity index (χ2v) is 7.42. The molecular formula is C19H26N4O3. The first kappa shape index (κ1) is 18.2. The number of hydrogen-bond acceptors (Lipinski definition) is 6. The minimum absolute atomic E-state index is 0.131. The molecule has 0 radical (unpaired) electrons. The Morgan fingerprint density at radius 2 is 1.96 bits per heavy atom. The lowest BCUT2D eigenvalue weighted by atomic mass is 10.2. The molecule has 0 saturated carbocycles. The molecule has 1 atom stereocenters. The number of methoxy groups -OCH3 is 1. The number of aromatic nitrogens is 2. The number of carbonyl (C=O) groups is 1. The maximum Gasteiger partial charge on any atom is 0.407 e. The Labute approximate surface area is 153 Å². The van der Waals surface area contributed by atoms with E-state index in [-0.39, 0.29) is 6.04 Å². The summed E-state index contributed by atoms with van der Waals surface area (Å²) in [5.41, 5.74) is 1.12. The monoisotopic (exact) mass is 358 g/mol. The molecule has 7 nitrogen and oxygen atoms in total. The largest absolute Gasteiger partial charge is 0.478 e. The molecule has 1 N–H and O–H groups in total. The van der Waals surface area contributed by atoms with Gasteiger partial charge in [-0.3, -0.25) is 0 Å². The third-order valence-electron chi connectivity index (χ3n) is 4.24. The third kappa shape index (κ3) is 4.15. The van der Waals surface area contributed by atoms with Crippen LogP contribution < -0.4 is 15.0 Å². The average Bonchev–Trinajstić information content (AvgIpc) is 3.05. The quantitative estimate of drug-likeness (QED) is 0.905. The molecule has 0 bridgehead atoms. The number of nitrogens with one attached hydrogen (secondary N) is 1. The van der Waals surface area contributed by atoms with Gasteiger partial charge in [-0.15, -0.1) is 0 Å². The maximum absolute atomic E-state index is 12.0. The van der Waals surface area contributed by atoms with Crippen LogP contribution in [-0.2, 0) is 4.74 Å². The molecule has 0 spiro atoms. The van der Waals surface area contributed by atoms with Crippen molar-refractivity contribution in [2.75, 3.05) is 25.1 Å². The van der Waals surface area contributed by atoms with Crippen molar-refractivity contribution in [2.24, 2.45) is 0 Å². The number of benzene rings is 1. The fraction of sp³-hybridized carbons (Fsp3) is 0.526. The van der Waals surface area contributed by atoms with Gasteiger partial charge in [-0.1, -0.05) is 12.1 Å². The highest BCUT2D eigenvalue weighted by Gasteiger charge is 2.30. The van der Waals surface area contributed by atoms with E-state index in [2.05, 4.69) is 15.2 Å². The molecule has 1 aliphatic heterocycles. The smallest absolute Gasteiger partial charge is 0.407 e. The summed E-state index contributed by atoms with van der Waals surface area (Å²) in [7, 11) is 1.60. The van der Waals surface area contributed by atoms with E-state index in [1.165, 1.54) is 0 Å². The van der Waals surface area contributed by atoms with E-state index in [0.717, 1.165) is 36.2 Å². The predicted molar refractivity (Wildman–Crippen MR) is 101 cm³/mol. The number of amides is 1. The topological polar surface area (TPSA) is 76.6 Å². The van der Waals surface area contributed by atoms with Gasteiger partial charge in [0.05, 0.1) is 18.1 Å². The summed E-state index contributed by atoms with van der Waals surface area (Å²) in [6.45, 7) is 6.90. The van der Waals surface area contributed by atoms with Gasteiger partial charge < -0.3 is 19.7 Å². The number of alkyl carbamates (subject to hydrolysis) is 1. The molecule has 2 aromatic rings. The van der Waals surface area contributed by atoms with E-state index in [4.69, 9.17) is 14.5 Å². The number of para-hydroxylation sites is 2. The zero-order chi connectivity index (χ0) is 18.7. The van der Waals surface area contributed by atoms with Gasteiger partial charge in [0.15, 0.2) is 5.82 Å². The van der Waals surface area contributed by atoms with Crippen molar-refractivity contribution in [3.05, 3.63) is 24.3 Å². The summed E-state index contributed by atoms with van der Waals surface area (Å²) in [6, 6.07) is 7.86. The van der Waals surface area contributed by atoms with E-state index in [0.29, 0.717) is 12.4 Å². The lowest BCUT2D eigenvalue weighted by Gasteiger charge is -2.27. The molecule has 0 aliphatic carbocycles. The van der Waals surface area contributed by atoms with Gasteiger partial charge in [-0.2, -0.15) is 0 Å². The molecule has 26 heavy (non-hydrogen) atoms. The molecule has 0 unspecified atom stereocenters. The fourth-order valence-corrected chi connectivity index (χ4v) is 3.14. The molecule has 3 rings (SSSR count). The maximum atomic E-state index is 12.0. The van der Waals surface area contributed by atoms with Crippen molar-refractivity contribution in [3.63, 3.8) is 0 Å². The molecular weight excluding hydrogens is 332 g/mol. The Kier molecular flexibility index (Phi) is 5.15.